The van der Waals surface area contributed by atoms with Gasteiger partial charge in [0.25, 0.3) is 0 Å². The predicted octanol–water partition coefficient (Wildman–Crippen LogP) is 5.03. The number of ether oxygens (including phenoxy) is 4. The van der Waals surface area contributed by atoms with Crippen LogP contribution in [0.2, 0.25) is 0 Å². The summed E-state index contributed by atoms with van der Waals surface area (Å²) >= 11 is 0. The molecule has 10 heterocycles. The van der Waals surface area contributed by atoms with Crippen LogP contribution in [0.25, 0.3) is 33.9 Å². The molecule has 0 aromatic carbocycles. The lowest BCUT2D eigenvalue weighted by Crippen LogP contribution is -2.17. The molecule has 16 nitrogen and oxygen atoms in total. The number of aromatic nitrogens is 10. The van der Waals surface area contributed by atoms with Crippen molar-refractivity contribution in [1.82, 2.24) is 58.9 Å². The van der Waals surface area contributed by atoms with E-state index < -0.39 is 0 Å². The molecule has 16 heteroatoms. The summed E-state index contributed by atoms with van der Waals surface area (Å²) in [6.07, 6.45) is 17.7. The normalized spacial score (nSPS) is 19.4. The van der Waals surface area contributed by atoms with E-state index in [4.69, 9.17) is 29.1 Å². The number of rotatable bonds is 10. The number of pyridine rings is 2. The van der Waals surface area contributed by atoms with E-state index in [0.717, 1.165) is 96.9 Å². The van der Waals surface area contributed by atoms with Crippen LogP contribution >= 0.6 is 0 Å². The third kappa shape index (κ3) is 8.91. The van der Waals surface area contributed by atoms with Crippen molar-refractivity contribution >= 4 is 0 Å². The van der Waals surface area contributed by atoms with Gasteiger partial charge in [-0.25, -0.2) is 19.3 Å². The van der Waals surface area contributed by atoms with Crippen LogP contribution < -0.4 is 9.47 Å². The summed E-state index contributed by atoms with van der Waals surface area (Å²) in [7, 11) is 7.67. The first-order valence-corrected chi connectivity index (χ1v) is 22.1. The highest BCUT2D eigenvalue weighted by Gasteiger charge is 2.27. The average Bonchev–Trinajstić information content (AvgIpc) is 4.13. The van der Waals surface area contributed by atoms with Crippen LogP contribution in [-0.4, -0.2) is 140 Å². The Morgan fingerprint density at radius 2 is 1.05 bits per heavy atom. The van der Waals surface area contributed by atoms with Gasteiger partial charge in [-0.15, -0.1) is 0 Å². The summed E-state index contributed by atoms with van der Waals surface area (Å²) in [5, 5.41) is 19.4. The molecule has 0 aliphatic carbocycles. The highest BCUT2D eigenvalue weighted by molar-refractivity contribution is 5.65. The van der Waals surface area contributed by atoms with Crippen LogP contribution in [0.1, 0.15) is 46.5 Å². The van der Waals surface area contributed by atoms with Crippen molar-refractivity contribution in [3.8, 4) is 45.6 Å². The van der Waals surface area contributed by atoms with Gasteiger partial charge in [0.1, 0.15) is 0 Å². The topological polar surface area (TPSA) is 140 Å². The van der Waals surface area contributed by atoms with Gasteiger partial charge >= 0.3 is 0 Å². The van der Waals surface area contributed by atoms with Crippen molar-refractivity contribution in [1.29, 1.82) is 0 Å². The maximum atomic E-state index is 5.78. The largest absolute Gasteiger partial charge is 0.481 e. The maximum Gasteiger partial charge on any atom is 0.216 e. The summed E-state index contributed by atoms with van der Waals surface area (Å²) in [6.45, 7) is 13.4. The first-order chi connectivity index (χ1) is 30.2. The van der Waals surface area contributed by atoms with Gasteiger partial charge in [-0.1, -0.05) is 0 Å². The predicted molar refractivity (Wildman–Crippen MR) is 235 cm³/mol. The Bertz CT molecular complexity index is 2310. The van der Waals surface area contributed by atoms with E-state index in [1.54, 1.807) is 14.2 Å². The molecule has 0 spiro atoms. The fraction of sp³-hybridized carbons (Fsp3) is 0.522. The van der Waals surface area contributed by atoms with E-state index in [9.17, 15) is 0 Å². The Hall–Kier alpha value is -5.42. The SMILES string of the molecule is COc1ncc(-n2nc(-c3cnn(C[C@@H]4CCN(C)C4)c3)c3c2CCOCC3)cc1C.COc1ncc(-n2nc(-c3cnn(C[C@H]4CCN(C)C4)c3)c3c2CCOCC3)cc1C. The second-order valence-electron chi connectivity index (χ2n) is 17.4. The summed E-state index contributed by atoms with van der Waals surface area (Å²) in [6, 6.07) is 4.16. The lowest BCUT2D eigenvalue weighted by molar-refractivity contribution is 0.145. The van der Waals surface area contributed by atoms with Crippen LogP contribution in [0.15, 0.2) is 49.3 Å². The Morgan fingerprint density at radius 1 is 0.613 bits per heavy atom. The highest BCUT2D eigenvalue weighted by atomic mass is 16.5. The van der Waals surface area contributed by atoms with Gasteiger partial charge in [0.2, 0.25) is 11.8 Å². The van der Waals surface area contributed by atoms with E-state index in [1.807, 2.05) is 48.0 Å². The monoisotopic (exact) mass is 844 g/mol. The van der Waals surface area contributed by atoms with Crippen molar-refractivity contribution in [3.63, 3.8) is 0 Å². The van der Waals surface area contributed by atoms with Gasteiger partial charge in [-0.05, 0) is 90.7 Å². The van der Waals surface area contributed by atoms with Crippen molar-refractivity contribution in [2.45, 2.75) is 65.5 Å². The lowest BCUT2D eigenvalue weighted by atomic mass is 10.0. The first-order valence-electron chi connectivity index (χ1n) is 22.1. The molecule has 0 bridgehead atoms. The lowest BCUT2D eigenvalue weighted by Gasteiger charge is -2.10. The molecule has 0 N–H and O–H groups in total. The highest BCUT2D eigenvalue weighted by Crippen LogP contribution is 2.33. The van der Waals surface area contributed by atoms with E-state index in [-0.39, 0.29) is 0 Å². The van der Waals surface area contributed by atoms with Gasteiger partial charge in [0.15, 0.2) is 0 Å². The first kappa shape index (κ1) is 41.9. The molecule has 4 aliphatic rings. The number of likely N-dealkylation sites (tertiary alicyclic amines) is 2. The van der Waals surface area contributed by atoms with E-state index >= 15 is 0 Å². The average molecular weight is 845 g/mol. The second-order valence-corrected chi connectivity index (χ2v) is 17.4. The smallest absolute Gasteiger partial charge is 0.216 e. The Balaban J connectivity index is 0.000000158. The minimum atomic E-state index is 0.643. The van der Waals surface area contributed by atoms with Gasteiger partial charge in [0, 0.05) is 84.8 Å². The molecule has 10 rings (SSSR count). The van der Waals surface area contributed by atoms with Crippen LogP contribution in [0.4, 0.5) is 0 Å². The summed E-state index contributed by atoms with van der Waals surface area (Å²) in [4.78, 5) is 13.7. The number of hydrogen-bond acceptors (Lipinski definition) is 12. The number of hydrogen-bond donors (Lipinski definition) is 0. The quantitative estimate of drug-likeness (QED) is 0.183. The molecule has 0 amide bonds. The molecule has 2 atom stereocenters. The molecule has 0 unspecified atom stereocenters. The van der Waals surface area contributed by atoms with Crippen molar-refractivity contribution < 1.29 is 18.9 Å². The van der Waals surface area contributed by atoms with Gasteiger partial charge in [-0.2, -0.15) is 20.4 Å². The fourth-order valence-electron chi connectivity index (χ4n) is 9.60. The van der Waals surface area contributed by atoms with Gasteiger partial charge in [0.05, 0.1) is 99.6 Å². The van der Waals surface area contributed by atoms with E-state index in [2.05, 4.69) is 78.0 Å². The third-order valence-electron chi connectivity index (χ3n) is 12.7. The third-order valence-corrected chi connectivity index (χ3v) is 12.7. The van der Waals surface area contributed by atoms with E-state index in [0.29, 0.717) is 50.0 Å². The molecule has 2 fully saturated rings. The Morgan fingerprint density at radius 3 is 1.44 bits per heavy atom. The van der Waals surface area contributed by atoms with Crippen molar-refractivity contribution in [3.05, 3.63) is 83.0 Å². The zero-order valence-corrected chi connectivity index (χ0v) is 37.1. The molecule has 62 heavy (non-hydrogen) atoms. The van der Waals surface area contributed by atoms with Crippen LogP contribution in [0.3, 0.4) is 0 Å². The number of methoxy groups -OCH3 is 2. The molecule has 0 radical (unpaired) electrons. The molecular weight excluding hydrogens is 785 g/mol. The summed E-state index contributed by atoms with van der Waals surface area (Å²) in [5.74, 6) is 2.61. The number of nitrogens with zero attached hydrogens (tertiary/aromatic N) is 12. The molecule has 0 saturated carbocycles. The van der Waals surface area contributed by atoms with Crippen LogP contribution in [0, 0.1) is 25.7 Å². The molecule has 6 aromatic heterocycles. The molecular formula is C46H60N12O4. The zero-order valence-electron chi connectivity index (χ0n) is 37.1. The fourth-order valence-corrected chi connectivity index (χ4v) is 9.60. The van der Waals surface area contributed by atoms with Crippen molar-refractivity contribution in [2.75, 3.05) is 80.9 Å². The van der Waals surface area contributed by atoms with Gasteiger partial charge < -0.3 is 28.7 Å². The Labute approximate surface area is 363 Å². The number of fused-ring (bicyclic) bond motifs is 2. The Kier molecular flexibility index (Phi) is 12.5. The minimum absolute atomic E-state index is 0.643. The second kappa shape index (κ2) is 18.5. The van der Waals surface area contributed by atoms with Crippen molar-refractivity contribution in [2.24, 2.45) is 11.8 Å². The van der Waals surface area contributed by atoms with Crippen LogP contribution in [0.5, 0.6) is 11.8 Å². The molecule has 328 valence electrons. The number of aryl methyl sites for hydroxylation is 2. The van der Waals surface area contributed by atoms with Gasteiger partial charge in [-0.3, -0.25) is 9.36 Å². The maximum absolute atomic E-state index is 5.78. The van der Waals surface area contributed by atoms with E-state index in [1.165, 1.54) is 48.4 Å². The standard InChI is InChI=1S/2C23H30N6O2/c2*1-16-10-19(12-24-23(16)30-3)29-21-6-9-31-8-5-20(21)22(26-29)18-11-25-28(15-18)14-17-4-7-27(2)13-17/h2*10-12,15,17H,4-9,13-14H2,1-3H3/t2*17-/m10/s1. The summed E-state index contributed by atoms with van der Waals surface area (Å²) in [5.41, 5.74) is 12.9. The minimum Gasteiger partial charge on any atom is -0.481 e. The molecule has 4 aliphatic heterocycles. The molecule has 6 aromatic rings. The van der Waals surface area contributed by atoms with Crippen LogP contribution in [-0.2, 0) is 48.2 Å². The summed E-state index contributed by atoms with van der Waals surface area (Å²) < 4.78 is 30.4. The molecule has 2 saturated heterocycles. The zero-order chi connectivity index (χ0) is 42.7.